The first-order valence-electron chi connectivity index (χ1n) is 3.97. The van der Waals surface area contributed by atoms with Gasteiger partial charge in [0.1, 0.15) is 0 Å². The molecule has 1 unspecified atom stereocenters. The van der Waals surface area contributed by atoms with Crippen LogP contribution in [0.2, 0.25) is 0 Å². The first-order valence-corrected chi connectivity index (χ1v) is 3.97. The van der Waals surface area contributed by atoms with Crippen molar-refractivity contribution >= 4 is 0 Å². The van der Waals surface area contributed by atoms with Gasteiger partial charge in [0.2, 0.25) is 0 Å². The largest absolute Gasteiger partial charge is 0.306 e. The monoisotopic (exact) mass is 135 g/mol. The Morgan fingerprint density at radius 2 is 2.50 bits per heavy atom. The van der Waals surface area contributed by atoms with Gasteiger partial charge in [-0.25, -0.2) is 0 Å². The maximum atomic E-state index is 3.46. The normalized spacial score (nSPS) is 41.1. The molecule has 1 heteroatoms. The summed E-state index contributed by atoms with van der Waals surface area (Å²) >= 11 is 0. The Kier molecular flexibility index (Phi) is 1.38. The van der Waals surface area contributed by atoms with E-state index in [2.05, 4.69) is 30.5 Å². The predicted molar refractivity (Wildman–Crippen MR) is 42.8 cm³/mol. The van der Waals surface area contributed by atoms with Crippen molar-refractivity contribution in [2.45, 2.75) is 19.4 Å². The van der Waals surface area contributed by atoms with E-state index in [4.69, 9.17) is 0 Å². The average Bonchev–Trinajstić information content (AvgIpc) is 2.06. The lowest BCUT2D eigenvalue weighted by atomic mass is 9.84. The Morgan fingerprint density at radius 1 is 1.60 bits per heavy atom. The second kappa shape index (κ2) is 2.24. The van der Waals surface area contributed by atoms with Crippen LogP contribution < -0.4 is 5.32 Å². The molecule has 0 aromatic heterocycles. The average molecular weight is 135 g/mol. The van der Waals surface area contributed by atoms with Crippen LogP contribution in [0.1, 0.15) is 13.3 Å². The molecule has 2 heterocycles. The van der Waals surface area contributed by atoms with Gasteiger partial charge in [0.05, 0.1) is 0 Å². The molecule has 0 aromatic carbocycles. The quantitative estimate of drug-likeness (QED) is 0.496. The highest BCUT2D eigenvalue weighted by Gasteiger charge is 2.25. The minimum atomic E-state index is 0.565. The zero-order chi connectivity index (χ0) is 6.97. The zero-order valence-corrected chi connectivity index (χ0v) is 6.30. The predicted octanol–water partition coefficient (Wildman–Crippen LogP) is 1.48. The van der Waals surface area contributed by atoms with Crippen molar-refractivity contribution in [3.05, 3.63) is 23.8 Å². The van der Waals surface area contributed by atoms with Gasteiger partial charge >= 0.3 is 0 Å². The Hall–Kier alpha value is -0.560. The van der Waals surface area contributed by atoms with Crippen molar-refractivity contribution in [2.75, 3.05) is 6.54 Å². The Bertz CT molecular complexity index is 191. The molecule has 1 nitrogen and oxygen atoms in total. The summed E-state index contributed by atoms with van der Waals surface area (Å²) in [5, 5.41) is 3.46. The van der Waals surface area contributed by atoms with E-state index in [9.17, 15) is 0 Å². The molecule has 0 amide bonds. The van der Waals surface area contributed by atoms with E-state index in [1.54, 1.807) is 5.57 Å². The molecule has 2 atom stereocenters. The summed E-state index contributed by atoms with van der Waals surface area (Å²) in [6.45, 7) is 3.31. The fraction of sp³-hybridized carbons (Fsp3) is 0.556. The number of hydrogen-bond acceptors (Lipinski definition) is 1. The van der Waals surface area contributed by atoms with Crippen LogP contribution >= 0.6 is 0 Å². The topological polar surface area (TPSA) is 12.0 Å². The third-order valence-electron chi connectivity index (χ3n) is 2.44. The smallest absolute Gasteiger partial charge is 0.0465 e. The van der Waals surface area contributed by atoms with E-state index < -0.39 is 0 Å². The van der Waals surface area contributed by atoms with Crippen LogP contribution in [-0.4, -0.2) is 12.6 Å². The van der Waals surface area contributed by atoms with Crippen LogP contribution in [0.15, 0.2) is 23.8 Å². The highest BCUT2D eigenvalue weighted by Crippen LogP contribution is 2.27. The first kappa shape index (κ1) is 6.17. The molecule has 10 heavy (non-hydrogen) atoms. The van der Waals surface area contributed by atoms with Gasteiger partial charge in [-0.15, -0.1) is 0 Å². The lowest BCUT2D eigenvalue weighted by molar-refractivity contribution is 0.440. The number of rotatable bonds is 0. The summed E-state index contributed by atoms with van der Waals surface area (Å²) < 4.78 is 0. The van der Waals surface area contributed by atoms with Gasteiger partial charge in [0.25, 0.3) is 0 Å². The standard InChI is InChI=1S/C9H13N/c1-2-8-5-7-3-4-9(8)10-6-7/h2-4,7,9-10H,5-6H2,1H3/b8-2+/t7?,9-/m1/s1. The fourth-order valence-electron chi connectivity index (χ4n) is 1.80. The number of hydrogen-bond donors (Lipinski definition) is 1. The molecule has 3 aliphatic rings. The molecular formula is C9H13N. The molecule has 54 valence electrons. The number of allylic oxidation sites excluding steroid dienone is 1. The Labute approximate surface area is 61.8 Å². The third kappa shape index (κ3) is 0.816. The summed E-state index contributed by atoms with van der Waals surface area (Å²) in [4.78, 5) is 0. The van der Waals surface area contributed by atoms with E-state index in [-0.39, 0.29) is 0 Å². The van der Waals surface area contributed by atoms with Gasteiger partial charge in [-0.2, -0.15) is 0 Å². The van der Waals surface area contributed by atoms with Crippen molar-refractivity contribution < 1.29 is 0 Å². The third-order valence-corrected chi connectivity index (χ3v) is 2.44. The summed E-state index contributed by atoms with van der Waals surface area (Å²) in [5.41, 5.74) is 1.57. The van der Waals surface area contributed by atoms with Gasteiger partial charge in [0.15, 0.2) is 0 Å². The molecule has 1 fully saturated rings. The van der Waals surface area contributed by atoms with E-state index in [1.165, 1.54) is 13.0 Å². The summed E-state index contributed by atoms with van der Waals surface area (Å²) in [5.74, 6) is 0.774. The lowest BCUT2D eigenvalue weighted by Gasteiger charge is -2.34. The number of piperidine rings is 1. The second-order valence-electron chi connectivity index (χ2n) is 3.10. The Balaban J connectivity index is 2.27. The van der Waals surface area contributed by atoms with Gasteiger partial charge in [-0.3, -0.25) is 0 Å². The molecule has 2 aliphatic heterocycles. The van der Waals surface area contributed by atoms with Crippen LogP contribution in [0, 0.1) is 5.92 Å². The highest BCUT2D eigenvalue weighted by molar-refractivity contribution is 5.27. The molecule has 1 N–H and O–H groups in total. The maximum absolute atomic E-state index is 3.46. The van der Waals surface area contributed by atoms with Gasteiger partial charge < -0.3 is 5.32 Å². The lowest BCUT2D eigenvalue weighted by Crippen LogP contribution is -2.42. The van der Waals surface area contributed by atoms with Gasteiger partial charge in [0, 0.05) is 12.6 Å². The van der Waals surface area contributed by atoms with Crippen LogP contribution in [0.3, 0.4) is 0 Å². The van der Waals surface area contributed by atoms with E-state index >= 15 is 0 Å². The molecule has 0 spiro atoms. The van der Waals surface area contributed by atoms with Gasteiger partial charge in [-0.05, 0) is 19.3 Å². The maximum Gasteiger partial charge on any atom is 0.0465 e. The van der Waals surface area contributed by atoms with Crippen LogP contribution in [0.25, 0.3) is 0 Å². The second-order valence-corrected chi connectivity index (χ2v) is 3.10. The van der Waals surface area contributed by atoms with Crippen LogP contribution in [-0.2, 0) is 0 Å². The molecule has 1 saturated heterocycles. The number of fused-ring (bicyclic) bond motifs is 2. The summed E-state index contributed by atoms with van der Waals surface area (Å²) in [7, 11) is 0. The van der Waals surface area contributed by atoms with Crippen LogP contribution in [0.5, 0.6) is 0 Å². The van der Waals surface area contributed by atoms with E-state index in [0.717, 1.165) is 5.92 Å². The van der Waals surface area contributed by atoms with E-state index in [0.29, 0.717) is 6.04 Å². The summed E-state index contributed by atoms with van der Waals surface area (Å²) in [6.07, 6.45) is 8.15. The van der Waals surface area contributed by atoms with Crippen molar-refractivity contribution in [2.24, 2.45) is 5.92 Å². The minimum absolute atomic E-state index is 0.565. The number of nitrogens with one attached hydrogen (secondary N) is 1. The Morgan fingerprint density at radius 3 is 2.80 bits per heavy atom. The van der Waals surface area contributed by atoms with Crippen LogP contribution in [0.4, 0.5) is 0 Å². The molecule has 2 bridgehead atoms. The SMILES string of the molecule is C/C=C1\CC2C=C[C@H]1NC2. The molecule has 1 aliphatic carbocycles. The fourth-order valence-corrected chi connectivity index (χ4v) is 1.80. The van der Waals surface area contributed by atoms with Crippen molar-refractivity contribution in [3.63, 3.8) is 0 Å². The van der Waals surface area contributed by atoms with Crippen molar-refractivity contribution in [3.8, 4) is 0 Å². The van der Waals surface area contributed by atoms with Crippen molar-refractivity contribution in [1.82, 2.24) is 5.32 Å². The van der Waals surface area contributed by atoms with Crippen molar-refractivity contribution in [1.29, 1.82) is 0 Å². The van der Waals surface area contributed by atoms with E-state index in [1.807, 2.05) is 0 Å². The highest BCUT2D eigenvalue weighted by atomic mass is 14.9. The summed E-state index contributed by atoms with van der Waals surface area (Å²) in [6, 6.07) is 0.565. The zero-order valence-electron chi connectivity index (χ0n) is 6.30. The minimum Gasteiger partial charge on any atom is -0.306 e. The molecule has 0 saturated carbocycles. The first-order chi connectivity index (χ1) is 4.90. The molecule has 0 radical (unpaired) electrons. The van der Waals surface area contributed by atoms with Gasteiger partial charge in [-0.1, -0.05) is 23.8 Å². The molecular weight excluding hydrogens is 122 g/mol. The molecule has 3 rings (SSSR count). The molecule has 0 aromatic rings.